The molecule has 0 saturated carbocycles. The van der Waals surface area contributed by atoms with E-state index >= 15 is 0 Å². The van der Waals surface area contributed by atoms with Crippen molar-refractivity contribution in [3.05, 3.63) is 30.9 Å². The van der Waals surface area contributed by atoms with E-state index in [0.29, 0.717) is 11.4 Å². The number of pyridine rings is 1. The Morgan fingerprint density at radius 2 is 2.24 bits per heavy atom. The van der Waals surface area contributed by atoms with E-state index in [2.05, 4.69) is 15.1 Å². The molecule has 0 radical (unpaired) electrons. The van der Waals surface area contributed by atoms with Crippen LogP contribution in [-0.2, 0) is 0 Å². The summed E-state index contributed by atoms with van der Waals surface area (Å²) in [6.07, 6.45) is 5.19. The number of methoxy groups -OCH3 is 1. The minimum atomic E-state index is 0.205. The molecule has 0 saturated heterocycles. The fourth-order valence-corrected chi connectivity index (χ4v) is 1.69. The molecule has 17 heavy (non-hydrogen) atoms. The van der Waals surface area contributed by atoms with Crippen LogP contribution in [0, 0.1) is 0 Å². The van der Waals surface area contributed by atoms with Crippen LogP contribution < -0.4 is 10.5 Å². The second kappa shape index (κ2) is 3.48. The van der Waals surface area contributed by atoms with E-state index in [1.807, 2.05) is 22.9 Å². The molecule has 0 unspecified atom stereocenters. The Morgan fingerprint density at radius 1 is 1.35 bits per heavy atom. The number of rotatable bonds is 2. The van der Waals surface area contributed by atoms with Gasteiger partial charge in [-0.05, 0) is 12.1 Å². The molecule has 7 heteroatoms. The number of nitrogen functional groups attached to an aromatic ring is 1. The number of imidazole rings is 1. The van der Waals surface area contributed by atoms with Crippen LogP contribution >= 0.6 is 0 Å². The highest BCUT2D eigenvalue weighted by Gasteiger charge is 2.11. The van der Waals surface area contributed by atoms with Crippen molar-refractivity contribution in [2.45, 2.75) is 0 Å². The summed E-state index contributed by atoms with van der Waals surface area (Å²) in [5.41, 5.74) is 6.19. The Kier molecular flexibility index (Phi) is 1.97. The molecule has 3 heterocycles. The zero-order valence-electron chi connectivity index (χ0n) is 9.11. The van der Waals surface area contributed by atoms with Crippen LogP contribution in [0.25, 0.3) is 11.5 Å². The average Bonchev–Trinajstić information content (AvgIpc) is 2.95. The molecule has 0 aliphatic rings. The smallest absolute Gasteiger partial charge is 0.240 e. The first-order valence-electron chi connectivity index (χ1n) is 4.97. The van der Waals surface area contributed by atoms with Gasteiger partial charge in [-0.25, -0.2) is 4.98 Å². The van der Waals surface area contributed by atoms with Gasteiger partial charge in [0.15, 0.2) is 5.75 Å². The van der Waals surface area contributed by atoms with E-state index in [0.717, 1.165) is 5.82 Å². The second-order valence-corrected chi connectivity index (χ2v) is 3.44. The highest BCUT2D eigenvalue weighted by molar-refractivity contribution is 5.58. The van der Waals surface area contributed by atoms with E-state index in [9.17, 15) is 0 Å². The van der Waals surface area contributed by atoms with Crippen molar-refractivity contribution in [3.8, 4) is 11.6 Å². The summed E-state index contributed by atoms with van der Waals surface area (Å²) in [5.74, 6) is 1.62. The molecule has 0 spiro atoms. The molecule has 0 bridgehead atoms. The lowest BCUT2D eigenvalue weighted by atomic mass is 10.4. The van der Waals surface area contributed by atoms with E-state index in [1.165, 1.54) is 0 Å². The summed E-state index contributed by atoms with van der Waals surface area (Å²) >= 11 is 0. The van der Waals surface area contributed by atoms with Crippen molar-refractivity contribution < 1.29 is 4.74 Å². The minimum absolute atomic E-state index is 0.205. The standard InChI is InChI=1S/C10H10N6O/c1-17-7-2-3-8(15-5-4-12-6-15)16-9(7)13-10(11)14-16/h2-6H,1H3,(H2,11,14). The van der Waals surface area contributed by atoms with Crippen molar-refractivity contribution in [2.75, 3.05) is 12.8 Å². The highest BCUT2D eigenvalue weighted by atomic mass is 16.5. The van der Waals surface area contributed by atoms with Crippen LogP contribution in [0.2, 0.25) is 0 Å². The summed E-state index contributed by atoms with van der Waals surface area (Å²) in [6, 6.07) is 3.68. The van der Waals surface area contributed by atoms with Crippen molar-refractivity contribution in [1.29, 1.82) is 0 Å². The fraction of sp³-hybridized carbons (Fsp3) is 0.100. The van der Waals surface area contributed by atoms with E-state index < -0.39 is 0 Å². The summed E-state index contributed by atoms with van der Waals surface area (Å²) < 4.78 is 8.65. The van der Waals surface area contributed by atoms with Crippen molar-refractivity contribution in [3.63, 3.8) is 0 Å². The van der Waals surface area contributed by atoms with E-state index in [4.69, 9.17) is 10.5 Å². The van der Waals surface area contributed by atoms with Gasteiger partial charge < -0.3 is 10.5 Å². The number of anilines is 1. The van der Waals surface area contributed by atoms with Crippen molar-refractivity contribution in [2.24, 2.45) is 0 Å². The maximum absolute atomic E-state index is 5.61. The molecule has 3 aromatic rings. The lowest BCUT2D eigenvalue weighted by molar-refractivity contribution is 0.416. The van der Waals surface area contributed by atoms with E-state index in [1.54, 1.807) is 24.1 Å². The highest BCUT2D eigenvalue weighted by Crippen LogP contribution is 2.21. The molecule has 86 valence electrons. The normalized spacial score (nSPS) is 10.9. The molecule has 3 aromatic heterocycles. The number of ether oxygens (including phenoxy) is 1. The van der Waals surface area contributed by atoms with Crippen LogP contribution in [0.5, 0.6) is 5.75 Å². The topological polar surface area (TPSA) is 83.3 Å². The third-order valence-electron chi connectivity index (χ3n) is 2.43. The van der Waals surface area contributed by atoms with Gasteiger partial charge in [0.2, 0.25) is 11.6 Å². The number of fused-ring (bicyclic) bond motifs is 1. The lowest BCUT2D eigenvalue weighted by Crippen LogP contribution is -2.02. The Bertz CT molecular complexity index is 657. The van der Waals surface area contributed by atoms with Gasteiger partial charge in [0.25, 0.3) is 0 Å². The molecule has 7 nitrogen and oxygen atoms in total. The molecule has 0 aliphatic heterocycles. The quantitative estimate of drug-likeness (QED) is 0.693. The Balaban J connectivity index is 2.34. The zero-order valence-corrected chi connectivity index (χ0v) is 9.11. The van der Waals surface area contributed by atoms with E-state index in [-0.39, 0.29) is 5.95 Å². The third-order valence-corrected chi connectivity index (χ3v) is 2.43. The van der Waals surface area contributed by atoms with Gasteiger partial charge in [-0.1, -0.05) is 0 Å². The van der Waals surface area contributed by atoms with Gasteiger partial charge in [-0.2, -0.15) is 9.50 Å². The molecule has 0 aliphatic carbocycles. The van der Waals surface area contributed by atoms with Gasteiger partial charge in [0, 0.05) is 12.4 Å². The van der Waals surface area contributed by atoms with Gasteiger partial charge >= 0.3 is 0 Å². The Hall–Kier alpha value is -2.57. The Morgan fingerprint density at radius 3 is 2.94 bits per heavy atom. The molecule has 0 atom stereocenters. The molecular formula is C10H10N6O. The first-order chi connectivity index (χ1) is 8.29. The lowest BCUT2D eigenvalue weighted by Gasteiger charge is -2.06. The summed E-state index contributed by atoms with van der Waals surface area (Å²) in [4.78, 5) is 8.12. The molecule has 0 fully saturated rings. The van der Waals surface area contributed by atoms with Crippen LogP contribution in [0.15, 0.2) is 30.9 Å². The monoisotopic (exact) mass is 230 g/mol. The van der Waals surface area contributed by atoms with Crippen molar-refractivity contribution in [1.82, 2.24) is 24.1 Å². The summed E-state index contributed by atoms with van der Waals surface area (Å²) in [5, 5.41) is 4.13. The van der Waals surface area contributed by atoms with Gasteiger partial charge in [0.05, 0.1) is 7.11 Å². The maximum Gasteiger partial charge on any atom is 0.240 e. The number of aromatic nitrogens is 5. The van der Waals surface area contributed by atoms with Gasteiger partial charge in [-0.3, -0.25) is 4.57 Å². The SMILES string of the molecule is COc1ccc(-n2ccnc2)n2nc(N)nc12. The molecule has 0 aromatic carbocycles. The number of hydrogen-bond donors (Lipinski definition) is 1. The first kappa shape index (κ1) is 9.64. The number of nitrogens with zero attached hydrogens (tertiary/aromatic N) is 5. The fourth-order valence-electron chi connectivity index (χ4n) is 1.69. The van der Waals surface area contributed by atoms with Crippen molar-refractivity contribution >= 4 is 11.6 Å². The Labute approximate surface area is 96.5 Å². The summed E-state index contributed by atoms with van der Waals surface area (Å²) in [7, 11) is 1.58. The average molecular weight is 230 g/mol. The molecule has 0 amide bonds. The first-order valence-corrected chi connectivity index (χ1v) is 4.97. The number of hydrogen-bond acceptors (Lipinski definition) is 5. The number of nitrogens with two attached hydrogens (primary N) is 1. The van der Waals surface area contributed by atoms with Crippen LogP contribution in [0.3, 0.4) is 0 Å². The van der Waals surface area contributed by atoms with Gasteiger partial charge in [-0.15, -0.1) is 5.10 Å². The van der Waals surface area contributed by atoms with Crippen LogP contribution in [0.4, 0.5) is 5.95 Å². The second-order valence-electron chi connectivity index (χ2n) is 3.44. The maximum atomic E-state index is 5.61. The largest absolute Gasteiger partial charge is 0.493 e. The third kappa shape index (κ3) is 1.40. The van der Waals surface area contributed by atoms with Gasteiger partial charge in [0.1, 0.15) is 12.1 Å². The summed E-state index contributed by atoms with van der Waals surface area (Å²) in [6.45, 7) is 0. The zero-order chi connectivity index (χ0) is 11.8. The van der Waals surface area contributed by atoms with Crippen LogP contribution in [-0.4, -0.2) is 31.3 Å². The molecular weight excluding hydrogens is 220 g/mol. The predicted octanol–water partition coefficient (Wildman–Crippen LogP) is 0.506. The molecule has 2 N–H and O–H groups in total. The predicted molar refractivity (Wildman–Crippen MR) is 61.1 cm³/mol. The molecule has 3 rings (SSSR count). The van der Waals surface area contributed by atoms with Crippen LogP contribution in [0.1, 0.15) is 0 Å². The minimum Gasteiger partial charge on any atom is -0.493 e.